The summed E-state index contributed by atoms with van der Waals surface area (Å²) in [7, 11) is 0. The lowest BCUT2D eigenvalue weighted by molar-refractivity contribution is 0.189. The Kier molecular flexibility index (Phi) is 2.83. The molecule has 1 rings (SSSR count). The molecule has 0 saturated carbocycles. The number of hydrogen-bond acceptors (Lipinski definition) is 2. The van der Waals surface area contributed by atoms with Crippen molar-refractivity contribution in [2.24, 2.45) is 0 Å². The van der Waals surface area contributed by atoms with Gasteiger partial charge in [0.15, 0.2) is 0 Å². The maximum Gasteiger partial charge on any atom is 0.0826 e. The van der Waals surface area contributed by atoms with E-state index in [2.05, 4.69) is 10.2 Å². The highest BCUT2D eigenvalue weighted by atomic mass is 16.2. The van der Waals surface area contributed by atoms with Gasteiger partial charge in [0, 0.05) is 6.20 Å². The number of rotatable bonds is 3. The summed E-state index contributed by atoms with van der Waals surface area (Å²) in [6.45, 7) is -0.0312. The Balaban J connectivity index is 2.43. The van der Waals surface area contributed by atoms with Gasteiger partial charge >= 0.3 is 0 Å². The van der Waals surface area contributed by atoms with Crippen LogP contribution in [0.3, 0.4) is 0 Å². The lowest BCUT2D eigenvalue weighted by Crippen LogP contribution is -1.92. The molecule has 0 saturated heterocycles. The highest BCUT2D eigenvalue weighted by Gasteiger charge is 1.91. The first-order valence-corrected chi connectivity index (χ1v) is 3.28. The van der Waals surface area contributed by atoms with Crippen LogP contribution in [0.25, 0.3) is 0 Å². The van der Waals surface area contributed by atoms with Gasteiger partial charge in [-0.05, 0) is 25.0 Å². The molecule has 1 aromatic rings. The summed E-state index contributed by atoms with van der Waals surface area (Å²) < 4.78 is 0. The molecule has 1 radical (unpaired) electrons. The Morgan fingerprint density at radius 2 is 2.40 bits per heavy atom. The van der Waals surface area contributed by atoms with Crippen LogP contribution in [0.4, 0.5) is 0 Å². The van der Waals surface area contributed by atoms with Gasteiger partial charge in [0.1, 0.15) is 0 Å². The summed E-state index contributed by atoms with van der Waals surface area (Å²) in [6, 6.07) is 3.70. The Morgan fingerprint density at radius 1 is 1.50 bits per heavy atom. The predicted octanol–water partition coefficient (Wildman–Crippen LogP) is 0.840. The average molecular weight is 137 g/mol. The van der Waals surface area contributed by atoms with Gasteiger partial charge in [-0.25, -0.2) is 5.11 Å². The van der Waals surface area contributed by atoms with Gasteiger partial charge in [0.25, 0.3) is 0 Å². The number of nitrogens with zero attached hydrogens (tertiary/aromatic N) is 2. The zero-order valence-corrected chi connectivity index (χ0v) is 5.66. The minimum Gasteiger partial charge on any atom is -0.237 e. The standard InChI is InChI=1S/C7H9N2O/c10-6-2-4-7-3-1-5-8-9-7/h1,3,5H,2,4,6H2. The average Bonchev–Trinajstić information content (AvgIpc) is 2.03. The summed E-state index contributed by atoms with van der Waals surface area (Å²) in [4.78, 5) is 0. The van der Waals surface area contributed by atoms with Crippen molar-refractivity contribution in [2.45, 2.75) is 12.8 Å². The van der Waals surface area contributed by atoms with E-state index < -0.39 is 0 Å². The zero-order chi connectivity index (χ0) is 7.23. The van der Waals surface area contributed by atoms with Crippen LogP contribution in [0, 0.1) is 0 Å². The fourth-order valence-corrected chi connectivity index (χ4v) is 0.720. The van der Waals surface area contributed by atoms with Gasteiger partial charge in [-0.15, -0.1) is 0 Å². The molecule has 0 bridgehead atoms. The monoisotopic (exact) mass is 137 g/mol. The molecule has 3 nitrogen and oxygen atoms in total. The second-order valence-electron chi connectivity index (χ2n) is 2.02. The number of aryl methyl sites for hydroxylation is 1. The maximum absolute atomic E-state index is 10.1. The van der Waals surface area contributed by atoms with Crippen LogP contribution < -0.4 is 0 Å². The van der Waals surface area contributed by atoms with E-state index in [0.717, 1.165) is 12.1 Å². The predicted molar refractivity (Wildman–Crippen MR) is 35.9 cm³/mol. The molecular formula is C7H9N2O. The summed E-state index contributed by atoms with van der Waals surface area (Å²) >= 11 is 0. The Bertz CT molecular complexity index is 176. The molecule has 0 N–H and O–H groups in total. The first-order chi connectivity index (χ1) is 4.93. The number of aromatic nitrogens is 2. The zero-order valence-electron chi connectivity index (χ0n) is 5.66. The van der Waals surface area contributed by atoms with Gasteiger partial charge in [0.05, 0.1) is 12.3 Å². The van der Waals surface area contributed by atoms with Crippen molar-refractivity contribution >= 4 is 0 Å². The minimum absolute atomic E-state index is 0.0312. The van der Waals surface area contributed by atoms with Crippen molar-refractivity contribution in [1.29, 1.82) is 0 Å². The van der Waals surface area contributed by atoms with Crippen LogP contribution in [-0.2, 0) is 11.5 Å². The van der Waals surface area contributed by atoms with Crippen molar-refractivity contribution in [3.8, 4) is 0 Å². The molecule has 0 aliphatic rings. The molecule has 53 valence electrons. The van der Waals surface area contributed by atoms with E-state index >= 15 is 0 Å². The van der Waals surface area contributed by atoms with Gasteiger partial charge in [0.2, 0.25) is 0 Å². The summed E-state index contributed by atoms with van der Waals surface area (Å²) in [5.41, 5.74) is 0.901. The normalized spacial score (nSPS) is 9.70. The SMILES string of the molecule is [O]CCCc1cccnn1. The fraction of sp³-hybridized carbons (Fsp3) is 0.429. The molecule has 3 heteroatoms. The fourth-order valence-electron chi connectivity index (χ4n) is 0.720. The van der Waals surface area contributed by atoms with Gasteiger partial charge in [-0.3, -0.25) is 0 Å². The molecule has 10 heavy (non-hydrogen) atoms. The molecule has 0 atom stereocenters. The molecule has 0 unspecified atom stereocenters. The highest BCUT2D eigenvalue weighted by Crippen LogP contribution is 1.94. The highest BCUT2D eigenvalue weighted by molar-refractivity contribution is 4.98. The van der Waals surface area contributed by atoms with Gasteiger partial charge in [-0.1, -0.05) is 0 Å². The van der Waals surface area contributed by atoms with Crippen molar-refractivity contribution in [3.63, 3.8) is 0 Å². The first-order valence-electron chi connectivity index (χ1n) is 3.28. The second kappa shape index (κ2) is 3.95. The Morgan fingerprint density at radius 3 is 3.00 bits per heavy atom. The van der Waals surface area contributed by atoms with Crippen LogP contribution in [0.5, 0.6) is 0 Å². The topological polar surface area (TPSA) is 45.7 Å². The van der Waals surface area contributed by atoms with E-state index in [-0.39, 0.29) is 6.61 Å². The Hall–Kier alpha value is -0.960. The molecule has 0 spiro atoms. The number of hydrogen-bond donors (Lipinski definition) is 0. The molecule has 1 aromatic heterocycles. The summed E-state index contributed by atoms with van der Waals surface area (Å²) in [5.74, 6) is 0. The van der Waals surface area contributed by atoms with Crippen LogP contribution in [-0.4, -0.2) is 16.8 Å². The van der Waals surface area contributed by atoms with E-state index in [1.807, 2.05) is 12.1 Å². The quantitative estimate of drug-likeness (QED) is 0.619. The van der Waals surface area contributed by atoms with Gasteiger partial charge in [-0.2, -0.15) is 10.2 Å². The van der Waals surface area contributed by atoms with E-state index in [0.29, 0.717) is 6.42 Å². The largest absolute Gasteiger partial charge is 0.237 e. The van der Waals surface area contributed by atoms with Gasteiger partial charge < -0.3 is 0 Å². The molecule has 0 aromatic carbocycles. The van der Waals surface area contributed by atoms with E-state index in [9.17, 15) is 5.11 Å². The molecule has 1 heterocycles. The van der Waals surface area contributed by atoms with E-state index in [1.165, 1.54) is 0 Å². The molecular weight excluding hydrogens is 128 g/mol. The van der Waals surface area contributed by atoms with Crippen molar-refractivity contribution < 1.29 is 5.11 Å². The first kappa shape index (κ1) is 7.15. The van der Waals surface area contributed by atoms with Crippen molar-refractivity contribution in [2.75, 3.05) is 6.61 Å². The lowest BCUT2D eigenvalue weighted by atomic mass is 10.2. The summed E-state index contributed by atoms with van der Waals surface area (Å²) in [6.07, 6.45) is 3.02. The molecule has 0 aliphatic carbocycles. The maximum atomic E-state index is 10.1. The summed E-state index contributed by atoms with van der Waals surface area (Å²) in [5, 5.41) is 17.6. The van der Waals surface area contributed by atoms with Crippen LogP contribution in [0.15, 0.2) is 18.3 Å². The van der Waals surface area contributed by atoms with Crippen LogP contribution >= 0.6 is 0 Å². The van der Waals surface area contributed by atoms with E-state index in [1.54, 1.807) is 6.20 Å². The smallest absolute Gasteiger partial charge is 0.0826 e. The lowest BCUT2D eigenvalue weighted by Gasteiger charge is -1.93. The van der Waals surface area contributed by atoms with Crippen molar-refractivity contribution in [1.82, 2.24) is 10.2 Å². The van der Waals surface area contributed by atoms with E-state index in [4.69, 9.17) is 0 Å². The minimum atomic E-state index is -0.0312. The van der Waals surface area contributed by atoms with Crippen molar-refractivity contribution in [3.05, 3.63) is 24.0 Å². The second-order valence-corrected chi connectivity index (χ2v) is 2.02. The third kappa shape index (κ3) is 2.11. The van der Waals surface area contributed by atoms with Crippen LogP contribution in [0.1, 0.15) is 12.1 Å². The van der Waals surface area contributed by atoms with Crippen LogP contribution in [0.2, 0.25) is 0 Å². The molecule has 0 amide bonds. The third-order valence-electron chi connectivity index (χ3n) is 1.20. The molecule has 0 aliphatic heterocycles. The molecule has 0 fully saturated rings. The third-order valence-corrected chi connectivity index (χ3v) is 1.20. The Labute approximate surface area is 59.7 Å².